The zero-order valence-corrected chi connectivity index (χ0v) is 8.53. The van der Waals surface area contributed by atoms with Crippen LogP contribution in [-0.2, 0) is 6.54 Å². The summed E-state index contributed by atoms with van der Waals surface area (Å²) in [5.41, 5.74) is -0.482. The molecule has 0 aliphatic heterocycles. The number of rotatable bonds is 4. The van der Waals surface area contributed by atoms with Gasteiger partial charge >= 0.3 is 0 Å². The number of hydrogen-bond donors (Lipinski definition) is 2. The molecule has 2 rings (SSSR count). The summed E-state index contributed by atoms with van der Waals surface area (Å²) in [6.07, 6.45) is 6.67. The van der Waals surface area contributed by atoms with Crippen LogP contribution >= 0.6 is 0 Å². The van der Waals surface area contributed by atoms with Gasteiger partial charge in [-0.25, -0.2) is 4.98 Å². The van der Waals surface area contributed by atoms with E-state index in [4.69, 9.17) is 0 Å². The highest BCUT2D eigenvalue weighted by atomic mass is 16.3. The van der Waals surface area contributed by atoms with Gasteiger partial charge < -0.3 is 15.0 Å². The summed E-state index contributed by atoms with van der Waals surface area (Å²) in [7, 11) is 0. The van der Waals surface area contributed by atoms with Crippen molar-refractivity contribution in [2.75, 3.05) is 11.9 Å². The summed E-state index contributed by atoms with van der Waals surface area (Å²) >= 11 is 0. The predicted octanol–water partition coefficient (Wildman–Crippen LogP) is 1.23. The normalized spacial score (nSPS) is 19.0. The molecule has 1 aromatic rings. The third kappa shape index (κ3) is 1.75. The van der Waals surface area contributed by atoms with Crippen LogP contribution in [0.4, 0.5) is 5.95 Å². The molecule has 0 atom stereocenters. The second kappa shape index (κ2) is 3.61. The van der Waals surface area contributed by atoms with Gasteiger partial charge in [0, 0.05) is 25.5 Å². The average molecular weight is 195 g/mol. The molecule has 2 N–H and O–H groups in total. The van der Waals surface area contributed by atoms with Crippen molar-refractivity contribution in [3.63, 3.8) is 0 Å². The van der Waals surface area contributed by atoms with Gasteiger partial charge in [0.05, 0.1) is 5.60 Å². The average Bonchev–Trinajstić information content (AvgIpc) is 2.58. The van der Waals surface area contributed by atoms with Gasteiger partial charge in [-0.1, -0.05) is 0 Å². The third-order valence-electron chi connectivity index (χ3n) is 2.92. The molecule has 0 saturated heterocycles. The predicted molar refractivity (Wildman–Crippen MR) is 55.2 cm³/mol. The Morgan fingerprint density at radius 3 is 3.00 bits per heavy atom. The first-order valence-corrected chi connectivity index (χ1v) is 5.21. The van der Waals surface area contributed by atoms with Gasteiger partial charge in [-0.15, -0.1) is 0 Å². The van der Waals surface area contributed by atoms with Crippen molar-refractivity contribution >= 4 is 5.95 Å². The van der Waals surface area contributed by atoms with Crippen molar-refractivity contribution in [1.82, 2.24) is 9.55 Å². The Bertz CT molecular complexity index is 304. The fourth-order valence-electron chi connectivity index (χ4n) is 1.74. The largest absolute Gasteiger partial charge is 0.388 e. The summed E-state index contributed by atoms with van der Waals surface area (Å²) in [6.45, 7) is 3.59. The second-order valence-corrected chi connectivity index (χ2v) is 3.97. The monoisotopic (exact) mass is 195 g/mol. The van der Waals surface area contributed by atoms with E-state index in [-0.39, 0.29) is 0 Å². The Hall–Kier alpha value is -1.03. The molecule has 1 aromatic heterocycles. The SMILES string of the molecule is CCn1ccnc1NCC1(O)CCC1. The van der Waals surface area contributed by atoms with Gasteiger partial charge in [-0.3, -0.25) is 0 Å². The number of aromatic nitrogens is 2. The molecule has 14 heavy (non-hydrogen) atoms. The van der Waals surface area contributed by atoms with Crippen molar-refractivity contribution in [3.8, 4) is 0 Å². The van der Waals surface area contributed by atoms with Gasteiger partial charge in [0.25, 0.3) is 0 Å². The maximum atomic E-state index is 9.87. The quantitative estimate of drug-likeness (QED) is 0.759. The van der Waals surface area contributed by atoms with E-state index in [0.717, 1.165) is 31.8 Å². The first-order chi connectivity index (χ1) is 6.73. The standard InChI is InChI=1S/C10H17N3O/c1-2-13-7-6-11-9(13)12-8-10(14)4-3-5-10/h6-7,14H,2-5,8H2,1H3,(H,11,12). The molecule has 1 aliphatic carbocycles. The molecule has 0 spiro atoms. The Morgan fingerprint density at radius 2 is 2.43 bits per heavy atom. The Kier molecular flexibility index (Phi) is 2.46. The summed E-state index contributed by atoms with van der Waals surface area (Å²) < 4.78 is 2.03. The molecule has 0 aromatic carbocycles. The molecule has 4 nitrogen and oxygen atoms in total. The lowest BCUT2D eigenvalue weighted by atomic mass is 9.80. The van der Waals surface area contributed by atoms with Crippen molar-refractivity contribution in [2.24, 2.45) is 0 Å². The van der Waals surface area contributed by atoms with Crippen LogP contribution in [0.3, 0.4) is 0 Å². The van der Waals surface area contributed by atoms with Crippen LogP contribution in [0.2, 0.25) is 0 Å². The Balaban J connectivity index is 1.91. The van der Waals surface area contributed by atoms with Crippen LogP contribution in [0.25, 0.3) is 0 Å². The van der Waals surface area contributed by atoms with E-state index in [1.807, 2.05) is 10.8 Å². The molecule has 0 amide bonds. The highest BCUT2D eigenvalue weighted by molar-refractivity contribution is 5.26. The second-order valence-electron chi connectivity index (χ2n) is 3.97. The molecule has 1 heterocycles. The zero-order valence-electron chi connectivity index (χ0n) is 8.53. The molecule has 0 radical (unpaired) electrons. The number of nitrogens with one attached hydrogen (secondary N) is 1. The van der Waals surface area contributed by atoms with E-state index in [1.54, 1.807) is 6.20 Å². The fraction of sp³-hybridized carbons (Fsp3) is 0.700. The minimum Gasteiger partial charge on any atom is -0.388 e. The fourth-order valence-corrected chi connectivity index (χ4v) is 1.74. The van der Waals surface area contributed by atoms with Crippen LogP contribution in [-0.4, -0.2) is 26.8 Å². The van der Waals surface area contributed by atoms with E-state index >= 15 is 0 Å². The summed E-state index contributed by atoms with van der Waals surface area (Å²) in [6, 6.07) is 0. The van der Waals surface area contributed by atoms with E-state index in [0.29, 0.717) is 6.54 Å². The van der Waals surface area contributed by atoms with Gasteiger partial charge in [-0.05, 0) is 26.2 Å². The zero-order chi connectivity index (χ0) is 10.0. The molecular weight excluding hydrogens is 178 g/mol. The summed E-state index contributed by atoms with van der Waals surface area (Å²) in [5.74, 6) is 0.854. The lowest BCUT2D eigenvalue weighted by Crippen LogP contribution is -2.43. The van der Waals surface area contributed by atoms with E-state index in [9.17, 15) is 5.11 Å². The van der Waals surface area contributed by atoms with Gasteiger partial charge in [0.1, 0.15) is 0 Å². The number of nitrogens with zero attached hydrogens (tertiary/aromatic N) is 2. The van der Waals surface area contributed by atoms with Crippen LogP contribution < -0.4 is 5.32 Å². The van der Waals surface area contributed by atoms with Crippen LogP contribution in [0.1, 0.15) is 26.2 Å². The maximum Gasteiger partial charge on any atom is 0.202 e. The highest BCUT2D eigenvalue weighted by Gasteiger charge is 2.34. The maximum absolute atomic E-state index is 9.87. The van der Waals surface area contributed by atoms with Crippen molar-refractivity contribution in [1.29, 1.82) is 0 Å². The van der Waals surface area contributed by atoms with E-state index < -0.39 is 5.60 Å². The smallest absolute Gasteiger partial charge is 0.202 e. The Labute approximate surface area is 84.0 Å². The number of anilines is 1. The van der Waals surface area contributed by atoms with E-state index in [1.165, 1.54) is 0 Å². The first-order valence-electron chi connectivity index (χ1n) is 5.21. The molecular formula is C10H17N3O. The van der Waals surface area contributed by atoms with Crippen molar-refractivity contribution in [3.05, 3.63) is 12.4 Å². The topological polar surface area (TPSA) is 50.1 Å². The minimum absolute atomic E-state index is 0.482. The third-order valence-corrected chi connectivity index (χ3v) is 2.92. The van der Waals surface area contributed by atoms with Crippen molar-refractivity contribution < 1.29 is 5.11 Å². The summed E-state index contributed by atoms with van der Waals surface area (Å²) in [4.78, 5) is 4.19. The molecule has 78 valence electrons. The lowest BCUT2D eigenvalue weighted by molar-refractivity contribution is -0.0203. The molecule has 0 unspecified atom stereocenters. The number of imidazole rings is 1. The minimum atomic E-state index is -0.482. The molecule has 1 saturated carbocycles. The van der Waals surface area contributed by atoms with Crippen LogP contribution in [0.15, 0.2) is 12.4 Å². The van der Waals surface area contributed by atoms with Crippen LogP contribution in [0.5, 0.6) is 0 Å². The number of aliphatic hydroxyl groups is 1. The lowest BCUT2D eigenvalue weighted by Gasteiger charge is -2.36. The number of hydrogen-bond acceptors (Lipinski definition) is 3. The van der Waals surface area contributed by atoms with Crippen molar-refractivity contribution in [2.45, 2.75) is 38.3 Å². The molecule has 1 aliphatic rings. The Morgan fingerprint density at radius 1 is 1.64 bits per heavy atom. The van der Waals surface area contributed by atoms with E-state index in [2.05, 4.69) is 17.2 Å². The summed E-state index contributed by atoms with van der Waals surface area (Å²) in [5, 5.41) is 13.1. The first kappa shape index (κ1) is 9.52. The molecule has 4 heteroatoms. The number of aryl methyl sites for hydroxylation is 1. The molecule has 0 bridgehead atoms. The van der Waals surface area contributed by atoms with Crippen LogP contribution in [0, 0.1) is 0 Å². The van der Waals surface area contributed by atoms with Gasteiger partial charge in [-0.2, -0.15) is 0 Å². The van der Waals surface area contributed by atoms with Gasteiger partial charge in [0.15, 0.2) is 0 Å². The molecule has 1 fully saturated rings. The highest BCUT2D eigenvalue weighted by Crippen LogP contribution is 2.31. The van der Waals surface area contributed by atoms with Gasteiger partial charge in [0.2, 0.25) is 5.95 Å².